The van der Waals surface area contributed by atoms with Crippen LogP contribution in [0.25, 0.3) is 76.5 Å². The van der Waals surface area contributed by atoms with Gasteiger partial charge in [-0.1, -0.05) is 133 Å². The summed E-state index contributed by atoms with van der Waals surface area (Å²) in [6.45, 7) is 0. The van der Waals surface area contributed by atoms with E-state index < -0.39 is 0 Å². The van der Waals surface area contributed by atoms with Crippen molar-refractivity contribution in [1.29, 1.82) is 10.5 Å². The van der Waals surface area contributed by atoms with Crippen LogP contribution < -0.4 is 9.80 Å². The third-order valence-corrected chi connectivity index (χ3v) is 13.7. The highest BCUT2D eigenvalue weighted by molar-refractivity contribution is 6.23. The van der Waals surface area contributed by atoms with Gasteiger partial charge < -0.3 is 18.9 Å². The third-order valence-electron chi connectivity index (χ3n) is 13.7. The lowest BCUT2D eigenvalue weighted by atomic mass is 10.0. The molecule has 326 valence electrons. The van der Waals surface area contributed by atoms with Crippen LogP contribution in [0.4, 0.5) is 34.1 Å². The third kappa shape index (κ3) is 6.40. The Hall–Kier alpha value is -9.88. The average Bonchev–Trinajstić information content (AvgIpc) is 3.95. The van der Waals surface area contributed by atoms with Crippen molar-refractivity contribution in [2.24, 2.45) is 0 Å². The van der Waals surface area contributed by atoms with Crippen molar-refractivity contribution >= 4 is 99.3 Å². The van der Waals surface area contributed by atoms with Crippen LogP contribution in [0.1, 0.15) is 11.1 Å². The second-order valence-corrected chi connectivity index (χ2v) is 17.6. The molecule has 0 fully saturated rings. The van der Waals surface area contributed by atoms with Gasteiger partial charge in [0.1, 0.15) is 12.1 Å². The first-order valence-corrected chi connectivity index (χ1v) is 23.4. The molecule has 0 bridgehead atoms. The molecule has 70 heavy (non-hydrogen) atoms. The molecule has 0 saturated carbocycles. The van der Waals surface area contributed by atoms with Gasteiger partial charge in [0.2, 0.25) is 0 Å². The molecule has 0 unspecified atom stereocenters. The zero-order valence-corrected chi connectivity index (χ0v) is 37.8. The predicted molar refractivity (Wildman–Crippen MR) is 289 cm³/mol. The first-order valence-electron chi connectivity index (χ1n) is 23.4. The van der Waals surface area contributed by atoms with Crippen LogP contribution >= 0.6 is 0 Å². The average molecular weight is 893 g/mol. The molecule has 0 atom stereocenters. The lowest BCUT2D eigenvalue weighted by Crippen LogP contribution is -2.09. The summed E-state index contributed by atoms with van der Waals surface area (Å²) in [7, 11) is 0. The fourth-order valence-corrected chi connectivity index (χ4v) is 10.7. The first-order chi connectivity index (χ1) is 34.7. The fraction of sp³-hybridized carbons (Fsp3) is 0. The molecular weight excluding hydrogens is 853 g/mol. The number of benzene rings is 11. The maximum atomic E-state index is 11.1. The van der Waals surface area contributed by atoms with E-state index in [1.165, 1.54) is 0 Å². The quantitative estimate of drug-likeness (QED) is 0.152. The van der Waals surface area contributed by atoms with E-state index in [1.807, 2.05) is 30.3 Å². The zero-order valence-electron chi connectivity index (χ0n) is 37.8. The van der Waals surface area contributed by atoms with Crippen LogP contribution in [0.5, 0.6) is 0 Å². The summed E-state index contributed by atoms with van der Waals surface area (Å²) < 4.78 is 4.46. The van der Waals surface area contributed by atoms with Gasteiger partial charge in [0.25, 0.3) is 0 Å². The molecule has 0 spiro atoms. The SMILES string of the molecule is N#Cc1cc(-n2c3ccc(N(c4ccccc4)c4ccccc4)cc3c3c4ccccc4ccc32)cc(-n2c3ccc(N(c4ccccc4)c4ccccc4)cc3c3c4ccccc4ccc32)c1C#N. The molecule has 6 nitrogen and oxygen atoms in total. The molecule has 6 heteroatoms. The number of para-hydroxylation sites is 4. The van der Waals surface area contributed by atoms with Crippen molar-refractivity contribution in [2.75, 3.05) is 9.80 Å². The monoisotopic (exact) mass is 892 g/mol. The van der Waals surface area contributed by atoms with Gasteiger partial charge in [0, 0.05) is 61.4 Å². The summed E-state index contributed by atoms with van der Waals surface area (Å²) in [6.07, 6.45) is 0. The van der Waals surface area contributed by atoms with Crippen molar-refractivity contribution in [3.63, 3.8) is 0 Å². The summed E-state index contributed by atoms with van der Waals surface area (Å²) >= 11 is 0. The molecule has 0 radical (unpaired) electrons. The molecule has 13 rings (SSSR count). The van der Waals surface area contributed by atoms with Gasteiger partial charge >= 0.3 is 0 Å². The van der Waals surface area contributed by atoms with Crippen LogP contribution in [-0.4, -0.2) is 9.13 Å². The molecule has 0 aliphatic carbocycles. The number of rotatable bonds is 8. The normalized spacial score (nSPS) is 11.4. The molecule has 11 aromatic carbocycles. The Morgan fingerprint density at radius 2 is 0.714 bits per heavy atom. The van der Waals surface area contributed by atoms with Crippen LogP contribution in [0, 0.1) is 22.7 Å². The lowest BCUT2D eigenvalue weighted by molar-refractivity contribution is 1.12. The molecule has 13 aromatic rings. The molecule has 0 aliphatic heterocycles. The minimum absolute atomic E-state index is 0.300. The van der Waals surface area contributed by atoms with Crippen LogP contribution in [0.15, 0.2) is 243 Å². The van der Waals surface area contributed by atoms with E-state index in [4.69, 9.17) is 0 Å². The number of hydrogen-bond donors (Lipinski definition) is 0. The minimum atomic E-state index is 0.300. The molecular formula is C64H40N6. The van der Waals surface area contributed by atoms with Gasteiger partial charge in [-0.3, -0.25) is 0 Å². The van der Waals surface area contributed by atoms with Gasteiger partial charge in [-0.25, -0.2) is 0 Å². The topological polar surface area (TPSA) is 63.9 Å². The van der Waals surface area contributed by atoms with E-state index in [2.05, 4.69) is 243 Å². The number of aromatic nitrogens is 2. The van der Waals surface area contributed by atoms with Gasteiger partial charge in [0.05, 0.1) is 38.9 Å². The number of fused-ring (bicyclic) bond motifs is 10. The van der Waals surface area contributed by atoms with Gasteiger partial charge in [-0.2, -0.15) is 10.5 Å². The van der Waals surface area contributed by atoms with E-state index in [0.29, 0.717) is 16.8 Å². The molecule has 0 amide bonds. The highest BCUT2D eigenvalue weighted by Gasteiger charge is 2.25. The Morgan fingerprint density at radius 1 is 0.314 bits per heavy atom. The molecule has 2 aromatic heterocycles. The van der Waals surface area contributed by atoms with E-state index in [0.717, 1.165) is 105 Å². The second kappa shape index (κ2) is 16.5. The molecule has 0 N–H and O–H groups in total. The van der Waals surface area contributed by atoms with Crippen LogP contribution in [-0.2, 0) is 0 Å². The first kappa shape index (κ1) is 40.4. The Labute approximate surface area is 404 Å². The van der Waals surface area contributed by atoms with E-state index in [9.17, 15) is 10.5 Å². The Bertz CT molecular complexity index is 4180. The predicted octanol–water partition coefficient (Wildman–Crippen LogP) is 16.9. The van der Waals surface area contributed by atoms with Crippen molar-refractivity contribution in [3.8, 4) is 23.5 Å². The minimum Gasteiger partial charge on any atom is -0.310 e. The Morgan fingerprint density at radius 3 is 1.16 bits per heavy atom. The van der Waals surface area contributed by atoms with Crippen molar-refractivity contribution in [3.05, 3.63) is 254 Å². The molecule has 0 aliphatic rings. The van der Waals surface area contributed by atoms with Crippen molar-refractivity contribution < 1.29 is 0 Å². The van der Waals surface area contributed by atoms with Gasteiger partial charge in [0.15, 0.2) is 0 Å². The van der Waals surface area contributed by atoms with E-state index in [1.54, 1.807) is 0 Å². The summed E-state index contributed by atoms with van der Waals surface area (Å²) in [4.78, 5) is 4.57. The summed E-state index contributed by atoms with van der Waals surface area (Å²) in [5.41, 5.74) is 12.1. The van der Waals surface area contributed by atoms with Crippen LogP contribution in [0.3, 0.4) is 0 Å². The van der Waals surface area contributed by atoms with Gasteiger partial charge in [-0.05, 0) is 131 Å². The highest BCUT2D eigenvalue weighted by atomic mass is 15.1. The Balaban J connectivity index is 1.09. The summed E-state index contributed by atoms with van der Waals surface area (Å²) in [5, 5.41) is 30.9. The number of nitriles is 2. The van der Waals surface area contributed by atoms with Crippen molar-refractivity contribution in [2.45, 2.75) is 0 Å². The zero-order chi connectivity index (χ0) is 46.7. The Kier molecular flexibility index (Phi) is 9.50. The van der Waals surface area contributed by atoms with E-state index in [-0.39, 0.29) is 0 Å². The maximum Gasteiger partial charge on any atom is 0.103 e. The van der Waals surface area contributed by atoms with Crippen molar-refractivity contribution in [1.82, 2.24) is 9.13 Å². The standard InChI is InChI=1S/C64H40N6/c65-41-45-37-52(69-58-35-31-50(67(46-19-5-1-6-20-46)47-21-7-2-8-22-47)38-55(58)63-53-27-15-13-17-43(53)29-33-60(63)69)40-62(57(45)42-66)70-59-36-32-51(68(48-23-9-3-10-24-48)49-25-11-4-12-26-49)39-56(59)64-54-28-16-14-18-44(54)30-34-61(64)70/h1-40H. The second-order valence-electron chi connectivity index (χ2n) is 17.6. The molecule has 0 saturated heterocycles. The largest absolute Gasteiger partial charge is 0.310 e. The number of nitrogens with zero attached hydrogens (tertiary/aromatic N) is 6. The summed E-state index contributed by atoms with van der Waals surface area (Å²) in [5.74, 6) is 0. The number of hydrogen-bond acceptors (Lipinski definition) is 4. The van der Waals surface area contributed by atoms with E-state index >= 15 is 0 Å². The van der Waals surface area contributed by atoms with Crippen LogP contribution in [0.2, 0.25) is 0 Å². The molecule has 2 heterocycles. The maximum absolute atomic E-state index is 11.1. The number of anilines is 6. The smallest absolute Gasteiger partial charge is 0.103 e. The highest BCUT2D eigenvalue weighted by Crippen LogP contribution is 2.45. The fourth-order valence-electron chi connectivity index (χ4n) is 10.7. The summed E-state index contributed by atoms with van der Waals surface area (Å²) in [6, 6.07) is 89.6. The lowest BCUT2D eigenvalue weighted by Gasteiger charge is -2.25. The van der Waals surface area contributed by atoms with Gasteiger partial charge in [-0.15, -0.1) is 0 Å².